The summed E-state index contributed by atoms with van der Waals surface area (Å²) in [5.74, 6) is -1.22. The molecule has 0 saturated carbocycles. The molecule has 154 valence electrons. The zero-order chi connectivity index (χ0) is 20.7. The molecule has 0 bridgehead atoms. The number of alkyl carbamates (subject to hydrolysis) is 1. The standard InChI is InChI=1S/C20H28N2O6/c1-20(2,3)28-18(25)21-16(17(23)24)15-11-7-8-12-22(15)19(26)27-13-14-9-5-4-6-10-14/h4-6,9-10,15-16H,7-8,11-13H2,1-3H3,(H,21,25)(H,23,24)/t15-,16-/m0/s1. The lowest BCUT2D eigenvalue weighted by atomic mass is 9.96. The normalized spacial score (nSPS) is 18.1. The number of likely N-dealkylation sites (tertiary alicyclic amines) is 1. The van der Waals surface area contributed by atoms with Crippen LogP contribution in [0.2, 0.25) is 0 Å². The average molecular weight is 392 g/mol. The molecule has 2 N–H and O–H groups in total. The highest BCUT2D eigenvalue weighted by atomic mass is 16.6. The number of aliphatic carboxylic acids is 1. The molecule has 0 aromatic heterocycles. The molecule has 2 rings (SSSR count). The number of nitrogens with zero attached hydrogens (tertiary/aromatic N) is 1. The molecular formula is C20H28N2O6. The Kier molecular flexibility index (Phi) is 7.25. The predicted octanol–water partition coefficient (Wildman–Crippen LogP) is 3.16. The largest absolute Gasteiger partial charge is 0.480 e. The second kappa shape index (κ2) is 9.43. The van der Waals surface area contributed by atoms with Crippen LogP contribution in [-0.4, -0.2) is 52.4 Å². The molecule has 1 heterocycles. The Morgan fingerprint density at radius 1 is 1.21 bits per heavy atom. The van der Waals surface area contributed by atoms with Gasteiger partial charge in [0.05, 0.1) is 6.04 Å². The van der Waals surface area contributed by atoms with E-state index < -0.39 is 35.8 Å². The lowest BCUT2D eigenvalue weighted by Gasteiger charge is -2.38. The molecule has 0 radical (unpaired) electrons. The number of hydrogen-bond donors (Lipinski definition) is 2. The third-order valence-corrected chi connectivity index (χ3v) is 4.31. The van der Waals surface area contributed by atoms with Crippen molar-refractivity contribution < 1.29 is 29.0 Å². The molecule has 0 spiro atoms. The van der Waals surface area contributed by atoms with Crippen molar-refractivity contribution in [2.75, 3.05) is 6.54 Å². The SMILES string of the molecule is CC(C)(C)OC(=O)N[C@H](C(=O)O)[C@@H]1CCCCN1C(=O)OCc1ccccc1. The maximum Gasteiger partial charge on any atom is 0.410 e. The van der Waals surface area contributed by atoms with E-state index in [4.69, 9.17) is 9.47 Å². The fourth-order valence-corrected chi connectivity index (χ4v) is 3.09. The number of hydrogen-bond acceptors (Lipinski definition) is 5. The van der Waals surface area contributed by atoms with Crippen LogP contribution >= 0.6 is 0 Å². The van der Waals surface area contributed by atoms with Gasteiger partial charge in [-0.3, -0.25) is 0 Å². The smallest absolute Gasteiger partial charge is 0.410 e. The minimum Gasteiger partial charge on any atom is -0.480 e. The Bertz CT molecular complexity index is 686. The molecule has 1 aliphatic heterocycles. The number of rotatable bonds is 5. The average Bonchev–Trinajstić information content (AvgIpc) is 2.63. The number of carbonyl (C=O) groups is 3. The van der Waals surface area contributed by atoms with Crippen LogP contribution in [0.5, 0.6) is 0 Å². The Morgan fingerprint density at radius 3 is 2.50 bits per heavy atom. The molecule has 1 saturated heterocycles. The highest BCUT2D eigenvalue weighted by Gasteiger charge is 2.39. The number of amides is 2. The van der Waals surface area contributed by atoms with Crippen LogP contribution in [0, 0.1) is 0 Å². The Hall–Kier alpha value is -2.77. The quantitative estimate of drug-likeness (QED) is 0.797. The van der Waals surface area contributed by atoms with Gasteiger partial charge in [0.2, 0.25) is 0 Å². The van der Waals surface area contributed by atoms with E-state index in [1.807, 2.05) is 30.3 Å². The van der Waals surface area contributed by atoms with Crippen LogP contribution < -0.4 is 5.32 Å². The second-order valence-corrected chi connectivity index (χ2v) is 7.76. The lowest BCUT2D eigenvalue weighted by Crippen LogP contribution is -2.59. The van der Waals surface area contributed by atoms with Crippen molar-refractivity contribution >= 4 is 18.2 Å². The fraction of sp³-hybridized carbons (Fsp3) is 0.550. The van der Waals surface area contributed by atoms with Crippen molar-refractivity contribution in [3.05, 3.63) is 35.9 Å². The highest BCUT2D eigenvalue weighted by Crippen LogP contribution is 2.22. The minimum atomic E-state index is -1.28. The molecule has 1 aliphatic rings. The molecule has 1 aromatic carbocycles. The van der Waals surface area contributed by atoms with E-state index in [-0.39, 0.29) is 6.61 Å². The van der Waals surface area contributed by atoms with E-state index >= 15 is 0 Å². The molecule has 1 aromatic rings. The first-order chi connectivity index (χ1) is 13.2. The van der Waals surface area contributed by atoms with Gasteiger partial charge in [0.15, 0.2) is 6.04 Å². The third kappa shape index (κ3) is 6.44. The van der Waals surface area contributed by atoms with E-state index in [9.17, 15) is 19.5 Å². The van der Waals surface area contributed by atoms with Gasteiger partial charge in [-0.15, -0.1) is 0 Å². The van der Waals surface area contributed by atoms with Crippen LogP contribution in [0.3, 0.4) is 0 Å². The topological polar surface area (TPSA) is 105 Å². The monoisotopic (exact) mass is 392 g/mol. The van der Waals surface area contributed by atoms with Crippen molar-refractivity contribution in [1.82, 2.24) is 10.2 Å². The number of ether oxygens (including phenoxy) is 2. The summed E-state index contributed by atoms with van der Waals surface area (Å²) >= 11 is 0. The van der Waals surface area contributed by atoms with Crippen LogP contribution in [0.1, 0.15) is 45.6 Å². The molecule has 2 amide bonds. The summed E-state index contributed by atoms with van der Waals surface area (Å²) in [6, 6.07) is 7.25. The van der Waals surface area contributed by atoms with E-state index in [2.05, 4.69) is 5.32 Å². The van der Waals surface area contributed by atoms with Crippen molar-refractivity contribution in [1.29, 1.82) is 0 Å². The lowest BCUT2D eigenvalue weighted by molar-refractivity contribution is -0.141. The first-order valence-electron chi connectivity index (χ1n) is 9.37. The van der Waals surface area contributed by atoms with Crippen molar-refractivity contribution in [2.24, 2.45) is 0 Å². The number of carboxylic acids is 1. The second-order valence-electron chi connectivity index (χ2n) is 7.76. The molecular weight excluding hydrogens is 364 g/mol. The maximum absolute atomic E-state index is 12.6. The summed E-state index contributed by atoms with van der Waals surface area (Å²) in [6.07, 6.45) is 0.532. The van der Waals surface area contributed by atoms with Gasteiger partial charge in [-0.05, 0) is 45.6 Å². The molecule has 0 aliphatic carbocycles. The third-order valence-electron chi connectivity index (χ3n) is 4.31. The van der Waals surface area contributed by atoms with Gasteiger partial charge in [0.25, 0.3) is 0 Å². The Labute approximate surface area is 164 Å². The van der Waals surface area contributed by atoms with Crippen LogP contribution in [0.4, 0.5) is 9.59 Å². The molecule has 1 fully saturated rings. The zero-order valence-electron chi connectivity index (χ0n) is 16.5. The number of piperidine rings is 1. The summed E-state index contributed by atoms with van der Waals surface area (Å²) < 4.78 is 10.5. The molecule has 28 heavy (non-hydrogen) atoms. The Morgan fingerprint density at radius 2 is 1.89 bits per heavy atom. The zero-order valence-corrected chi connectivity index (χ0v) is 16.5. The number of carboxylic acid groups (broad SMARTS) is 1. The number of benzene rings is 1. The molecule has 8 nitrogen and oxygen atoms in total. The number of carbonyl (C=O) groups excluding carboxylic acids is 2. The molecule has 2 atom stereocenters. The summed E-state index contributed by atoms with van der Waals surface area (Å²) in [6.45, 7) is 5.54. The van der Waals surface area contributed by atoms with Gasteiger partial charge in [0, 0.05) is 6.54 Å². The van der Waals surface area contributed by atoms with Crippen molar-refractivity contribution in [3.8, 4) is 0 Å². The summed E-state index contributed by atoms with van der Waals surface area (Å²) in [5.41, 5.74) is 0.0830. The van der Waals surface area contributed by atoms with Gasteiger partial charge < -0.3 is 24.8 Å². The van der Waals surface area contributed by atoms with Crippen LogP contribution in [-0.2, 0) is 20.9 Å². The fourth-order valence-electron chi connectivity index (χ4n) is 3.09. The van der Waals surface area contributed by atoms with E-state index in [0.717, 1.165) is 18.4 Å². The summed E-state index contributed by atoms with van der Waals surface area (Å²) in [5, 5.41) is 12.0. The summed E-state index contributed by atoms with van der Waals surface area (Å²) in [7, 11) is 0. The maximum atomic E-state index is 12.6. The van der Waals surface area contributed by atoms with Crippen LogP contribution in [0.15, 0.2) is 30.3 Å². The van der Waals surface area contributed by atoms with E-state index in [0.29, 0.717) is 13.0 Å². The summed E-state index contributed by atoms with van der Waals surface area (Å²) in [4.78, 5) is 37.9. The van der Waals surface area contributed by atoms with Gasteiger partial charge in [-0.25, -0.2) is 14.4 Å². The predicted molar refractivity (Wildman–Crippen MR) is 102 cm³/mol. The molecule has 0 unspecified atom stereocenters. The van der Waals surface area contributed by atoms with Crippen LogP contribution in [0.25, 0.3) is 0 Å². The Balaban J connectivity index is 2.06. The van der Waals surface area contributed by atoms with Gasteiger partial charge in [-0.1, -0.05) is 30.3 Å². The first kappa shape index (κ1) is 21.5. The highest BCUT2D eigenvalue weighted by molar-refractivity contribution is 5.82. The minimum absolute atomic E-state index is 0.0973. The molecule has 8 heteroatoms. The van der Waals surface area contributed by atoms with Crippen molar-refractivity contribution in [2.45, 2.75) is 64.3 Å². The first-order valence-corrected chi connectivity index (χ1v) is 9.37. The van der Waals surface area contributed by atoms with E-state index in [1.165, 1.54) is 4.90 Å². The van der Waals surface area contributed by atoms with Gasteiger partial charge in [-0.2, -0.15) is 0 Å². The van der Waals surface area contributed by atoms with Gasteiger partial charge >= 0.3 is 18.2 Å². The van der Waals surface area contributed by atoms with E-state index in [1.54, 1.807) is 20.8 Å². The number of nitrogens with one attached hydrogen (secondary N) is 1. The van der Waals surface area contributed by atoms with Gasteiger partial charge in [0.1, 0.15) is 12.2 Å². The van der Waals surface area contributed by atoms with Crippen molar-refractivity contribution in [3.63, 3.8) is 0 Å².